The number of amides is 2. The molecule has 1 aliphatic heterocycles. The van der Waals surface area contributed by atoms with Crippen molar-refractivity contribution in [2.45, 2.75) is 52.4 Å². The van der Waals surface area contributed by atoms with Gasteiger partial charge < -0.3 is 4.74 Å². The third-order valence-corrected chi connectivity index (χ3v) is 4.88. The number of carbonyl (C=O) groups is 2. The van der Waals surface area contributed by atoms with Crippen molar-refractivity contribution in [2.75, 3.05) is 13.2 Å². The molecule has 2 amide bonds. The van der Waals surface area contributed by atoms with Gasteiger partial charge in [-0.05, 0) is 32.8 Å². The molecule has 1 heterocycles. The summed E-state index contributed by atoms with van der Waals surface area (Å²) in [4.78, 5) is 27.7. The van der Waals surface area contributed by atoms with E-state index < -0.39 is 0 Å². The number of ether oxygens (including phenoxy) is 1. The van der Waals surface area contributed by atoms with Gasteiger partial charge >= 0.3 is 0 Å². The maximum atomic E-state index is 12.9. The van der Waals surface area contributed by atoms with Crippen LogP contribution in [-0.4, -0.2) is 41.2 Å². The number of nitrogens with zero attached hydrogens (tertiary/aromatic N) is 1. The first kappa shape index (κ1) is 19.7. The number of hydrogen-bond acceptors (Lipinski definition) is 4. The van der Waals surface area contributed by atoms with Crippen LogP contribution in [0.3, 0.4) is 0 Å². The van der Waals surface area contributed by atoms with Crippen LogP contribution in [0.5, 0.6) is 0 Å². The molecule has 0 saturated carbocycles. The molecule has 0 spiro atoms. The third kappa shape index (κ3) is 4.95. The van der Waals surface area contributed by atoms with Crippen LogP contribution in [0, 0.1) is 6.92 Å². The van der Waals surface area contributed by atoms with E-state index in [-0.39, 0.29) is 23.2 Å². The van der Waals surface area contributed by atoms with E-state index in [9.17, 15) is 9.59 Å². The maximum absolute atomic E-state index is 12.9. The van der Waals surface area contributed by atoms with Crippen LogP contribution in [0.15, 0.2) is 29.2 Å². The maximum Gasteiger partial charge on any atom is 0.267 e. The molecule has 136 valence electrons. The Hall–Kier alpha value is -1.59. The van der Waals surface area contributed by atoms with Crippen molar-refractivity contribution in [1.29, 1.82) is 0 Å². The van der Waals surface area contributed by atoms with Crippen molar-refractivity contribution in [2.24, 2.45) is 0 Å². The molecule has 1 aromatic rings. The second kappa shape index (κ2) is 8.68. The van der Waals surface area contributed by atoms with E-state index >= 15 is 0 Å². The van der Waals surface area contributed by atoms with E-state index in [0.717, 1.165) is 11.1 Å². The minimum atomic E-state index is -0.193. The predicted octanol–water partition coefficient (Wildman–Crippen LogP) is 4.03. The number of imide groups is 1. The van der Waals surface area contributed by atoms with Crippen molar-refractivity contribution in [1.82, 2.24) is 4.90 Å². The molecule has 25 heavy (non-hydrogen) atoms. The number of aryl methyl sites for hydroxylation is 1. The smallest absolute Gasteiger partial charge is 0.267 e. The number of thioether (sulfide) groups is 1. The van der Waals surface area contributed by atoms with Crippen molar-refractivity contribution < 1.29 is 14.3 Å². The van der Waals surface area contributed by atoms with Crippen LogP contribution >= 0.6 is 11.8 Å². The summed E-state index contributed by atoms with van der Waals surface area (Å²) in [5.41, 5.74) is 2.48. The van der Waals surface area contributed by atoms with E-state index in [4.69, 9.17) is 4.74 Å². The minimum absolute atomic E-state index is 0.151. The van der Waals surface area contributed by atoms with E-state index in [1.165, 1.54) is 16.7 Å². The third-order valence-electron chi connectivity index (χ3n) is 3.80. The standard InChI is InChI=1S/C20H27NO3S/c1-13(2)24-12-6-11-21-19(22)17(16-9-7-15(5)8-10-16)18(20(21)23)25-14(3)4/h7-10,13-14H,6,11-12H2,1-5H3. The Kier molecular flexibility index (Phi) is 6.85. The van der Waals surface area contributed by atoms with Crippen molar-refractivity contribution >= 4 is 29.1 Å². The van der Waals surface area contributed by atoms with Gasteiger partial charge in [-0.2, -0.15) is 0 Å². The molecule has 0 radical (unpaired) electrons. The summed E-state index contributed by atoms with van der Waals surface area (Å²) in [6, 6.07) is 7.78. The molecule has 0 bridgehead atoms. The SMILES string of the molecule is Cc1ccc(C2=C(SC(C)C)C(=O)N(CCCOC(C)C)C2=O)cc1. The largest absolute Gasteiger partial charge is 0.379 e. The highest BCUT2D eigenvalue weighted by atomic mass is 32.2. The Bertz CT molecular complexity index is 662. The average molecular weight is 362 g/mol. The topological polar surface area (TPSA) is 46.6 Å². The minimum Gasteiger partial charge on any atom is -0.379 e. The highest BCUT2D eigenvalue weighted by Gasteiger charge is 2.39. The molecule has 1 aliphatic rings. The van der Waals surface area contributed by atoms with Gasteiger partial charge in [0.05, 0.1) is 16.6 Å². The molecular formula is C20H27NO3S. The second-order valence-electron chi connectivity index (χ2n) is 6.77. The van der Waals surface area contributed by atoms with Crippen LogP contribution in [0.25, 0.3) is 5.57 Å². The number of hydrogen-bond donors (Lipinski definition) is 0. The summed E-state index contributed by atoms with van der Waals surface area (Å²) >= 11 is 1.47. The first-order valence-corrected chi connectivity index (χ1v) is 9.65. The van der Waals surface area contributed by atoms with Gasteiger partial charge in [0.15, 0.2) is 0 Å². The fourth-order valence-corrected chi connectivity index (χ4v) is 3.62. The summed E-state index contributed by atoms with van der Waals surface area (Å²) in [6.45, 7) is 10.9. The molecule has 4 nitrogen and oxygen atoms in total. The predicted molar refractivity (Wildman–Crippen MR) is 103 cm³/mol. The van der Waals surface area contributed by atoms with E-state index in [0.29, 0.717) is 30.1 Å². The monoisotopic (exact) mass is 361 g/mol. The van der Waals surface area contributed by atoms with E-state index in [1.807, 2.05) is 58.9 Å². The lowest BCUT2D eigenvalue weighted by Crippen LogP contribution is -2.33. The van der Waals surface area contributed by atoms with Gasteiger partial charge in [-0.15, -0.1) is 11.8 Å². The van der Waals surface area contributed by atoms with Crippen molar-refractivity contribution in [3.05, 3.63) is 40.3 Å². The summed E-state index contributed by atoms with van der Waals surface area (Å²) in [6.07, 6.45) is 0.800. The molecule has 0 N–H and O–H groups in total. The van der Waals surface area contributed by atoms with Gasteiger partial charge in [-0.25, -0.2) is 0 Å². The zero-order valence-electron chi connectivity index (χ0n) is 15.7. The van der Waals surface area contributed by atoms with Crippen LogP contribution in [0.1, 0.15) is 45.2 Å². The Balaban J connectivity index is 2.23. The number of rotatable bonds is 8. The molecule has 0 aromatic heterocycles. The first-order valence-electron chi connectivity index (χ1n) is 8.77. The Morgan fingerprint density at radius 3 is 2.24 bits per heavy atom. The lowest BCUT2D eigenvalue weighted by Gasteiger charge is -2.16. The van der Waals surface area contributed by atoms with Crippen LogP contribution < -0.4 is 0 Å². The van der Waals surface area contributed by atoms with Gasteiger partial charge in [-0.3, -0.25) is 14.5 Å². The molecule has 0 saturated heterocycles. The summed E-state index contributed by atoms with van der Waals surface area (Å²) < 4.78 is 5.52. The van der Waals surface area contributed by atoms with Gasteiger partial charge in [0.2, 0.25) is 0 Å². The van der Waals surface area contributed by atoms with Crippen LogP contribution in [0.4, 0.5) is 0 Å². The summed E-state index contributed by atoms with van der Waals surface area (Å²) in [5.74, 6) is -0.370. The van der Waals surface area contributed by atoms with Gasteiger partial charge in [0.25, 0.3) is 11.8 Å². The Morgan fingerprint density at radius 1 is 1.04 bits per heavy atom. The fraction of sp³-hybridized carbons (Fsp3) is 0.500. The van der Waals surface area contributed by atoms with Crippen LogP contribution in [0.2, 0.25) is 0 Å². The van der Waals surface area contributed by atoms with Crippen LogP contribution in [-0.2, 0) is 14.3 Å². The molecule has 0 atom stereocenters. The van der Waals surface area contributed by atoms with Crippen molar-refractivity contribution in [3.8, 4) is 0 Å². The molecule has 0 unspecified atom stereocenters. The average Bonchev–Trinajstić information content (AvgIpc) is 2.76. The normalized spacial score (nSPS) is 15.2. The van der Waals surface area contributed by atoms with Gasteiger partial charge in [0.1, 0.15) is 0 Å². The molecule has 1 aromatic carbocycles. The van der Waals surface area contributed by atoms with Gasteiger partial charge in [-0.1, -0.05) is 43.7 Å². The zero-order valence-corrected chi connectivity index (χ0v) is 16.5. The second-order valence-corrected chi connectivity index (χ2v) is 8.36. The zero-order chi connectivity index (χ0) is 18.6. The fourth-order valence-electron chi connectivity index (χ4n) is 2.62. The Labute approximate surface area is 154 Å². The molecule has 2 rings (SSSR count). The highest BCUT2D eigenvalue weighted by Crippen LogP contribution is 2.37. The first-order chi connectivity index (χ1) is 11.8. The molecule has 0 fully saturated rings. The summed E-state index contributed by atoms with van der Waals surface area (Å²) in [5, 5.41) is 0.233. The molecule has 5 heteroatoms. The summed E-state index contributed by atoms with van der Waals surface area (Å²) in [7, 11) is 0. The lowest BCUT2D eigenvalue weighted by atomic mass is 10.0. The number of carbonyl (C=O) groups excluding carboxylic acids is 2. The lowest BCUT2D eigenvalue weighted by molar-refractivity contribution is -0.136. The van der Waals surface area contributed by atoms with Gasteiger partial charge in [0, 0.05) is 18.4 Å². The van der Waals surface area contributed by atoms with Crippen molar-refractivity contribution in [3.63, 3.8) is 0 Å². The highest BCUT2D eigenvalue weighted by molar-refractivity contribution is 8.04. The van der Waals surface area contributed by atoms with E-state index in [1.54, 1.807) is 0 Å². The van der Waals surface area contributed by atoms with E-state index in [2.05, 4.69) is 0 Å². The Morgan fingerprint density at radius 2 is 1.68 bits per heavy atom. The molecular weight excluding hydrogens is 334 g/mol. The number of benzene rings is 1. The quantitative estimate of drug-likeness (QED) is 0.518. The molecule has 0 aliphatic carbocycles.